The molecule has 15 heavy (non-hydrogen) atoms. The molecule has 0 aliphatic rings. The Bertz CT molecular complexity index is 375. The zero-order valence-corrected chi connectivity index (χ0v) is 9.07. The molecule has 84 valence electrons. The minimum absolute atomic E-state index is 0.00717. The minimum atomic E-state index is -4.69. The van der Waals surface area contributed by atoms with E-state index in [9.17, 15) is 18.0 Å². The quantitative estimate of drug-likeness (QED) is 0.849. The van der Waals surface area contributed by atoms with Crippen LogP contribution in [0.15, 0.2) is 4.73 Å². The van der Waals surface area contributed by atoms with Gasteiger partial charge in [-0.2, -0.15) is 13.2 Å². The lowest BCUT2D eigenvalue weighted by Gasteiger charge is -2.05. The fraction of sp³-hybridized carbons (Fsp3) is 0.429. The highest BCUT2D eigenvalue weighted by Crippen LogP contribution is 2.31. The van der Waals surface area contributed by atoms with Crippen LogP contribution in [0.2, 0.25) is 0 Å². The average molecular weight is 287 g/mol. The van der Waals surface area contributed by atoms with Gasteiger partial charge in [-0.1, -0.05) is 0 Å². The Morgan fingerprint density at radius 1 is 1.60 bits per heavy atom. The Hall–Kier alpha value is -1.05. The van der Waals surface area contributed by atoms with E-state index in [4.69, 9.17) is 0 Å². The third-order valence-electron chi connectivity index (χ3n) is 1.42. The first kappa shape index (κ1) is 12.0. The molecular formula is C7H6BrF3N2O2. The first-order chi connectivity index (χ1) is 6.86. The van der Waals surface area contributed by atoms with E-state index < -0.39 is 23.5 Å². The number of rotatable bonds is 2. The number of aromatic amines is 1. The molecule has 0 aromatic carbocycles. The fourth-order valence-corrected chi connectivity index (χ4v) is 1.28. The second-order valence-electron chi connectivity index (χ2n) is 2.47. The smallest absolute Gasteiger partial charge is 0.435 e. The summed E-state index contributed by atoms with van der Waals surface area (Å²) >= 11 is 2.72. The van der Waals surface area contributed by atoms with Crippen molar-refractivity contribution in [3.63, 3.8) is 0 Å². The van der Waals surface area contributed by atoms with Gasteiger partial charge in [-0.3, -0.25) is 0 Å². The summed E-state index contributed by atoms with van der Waals surface area (Å²) in [6, 6.07) is 0. The van der Waals surface area contributed by atoms with Crippen LogP contribution in [0.25, 0.3) is 0 Å². The van der Waals surface area contributed by atoms with Gasteiger partial charge in [0.25, 0.3) is 0 Å². The van der Waals surface area contributed by atoms with Crippen molar-refractivity contribution in [1.29, 1.82) is 0 Å². The zero-order valence-electron chi connectivity index (χ0n) is 7.48. The number of esters is 1. The van der Waals surface area contributed by atoms with Gasteiger partial charge in [-0.15, -0.1) is 0 Å². The lowest BCUT2D eigenvalue weighted by molar-refractivity contribution is -0.141. The molecule has 0 amide bonds. The Balaban J connectivity index is 3.12. The van der Waals surface area contributed by atoms with Crippen molar-refractivity contribution < 1.29 is 22.7 Å². The predicted molar refractivity (Wildman–Crippen MR) is 47.2 cm³/mol. The number of carbonyl (C=O) groups excluding carboxylic acids is 1. The first-order valence-corrected chi connectivity index (χ1v) is 4.65. The largest absolute Gasteiger partial charge is 0.461 e. The van der Waals surface area contributed by atoms with E-state index in [-0.39, 0.29) is 11.3 Å². The van der Waals surface area contributed by atoms with Gasteiger partial charge in [0.05, 0.1) is 6.61 Å². The second-order valence-corrected chi connectivity index (χ2v) is 3.22. The summed E-state index contributed by atoms with van der Waals surface area (Å²) in [4.78, 5) is 16.4. The van der Waals surface area contributed by atoms with E-state index in [1.165, 1.54) is 6.92 Å². The van der Waals surface area contributed by atoms with Gasteiger partial charge in [0.2, 0.25) is 0 Å². The standard InChI is InChI=1S/C7H6BrF3N2O2/c1-2-15-5(14)3-4(7(9,10)11)13-6(8)12-3/h2H2,1H3,(H,12,13). The first-order valence-electron chi connectivity index (χ1n) is 3.86. The Morgan fingerprint density at radius 3 is 2.67 bits per heavy atom. The second kappa shape index (κ2) is 4.21. The van der Waals surface area contributed by atoms with Crippen molar-refractivity contribution in [1.82, 2.24) is 9.97 Å². The lowest BCUT2D eigenvalue weighted by Crippen LogP contribution is -2.15. The lowest BCUT2D eigenvalue weighted by atomic mass is 10.3. The van der Waals surface area contributed by atoms with Gasteiger partial charge >= 0.3 is 12.1 Å². The third-order valence-corrected chi connectivity index (χ3v) is 1.80. The van der Waals surface area contributed by atoms with Crippen molar-refractivity contribution in [2.45, 2.75) is 13.1 Å². The molecule has 0 atom stereocenters. The highest BCUT2D eigenvalue weighted by atomic mass is 79.9. The van der Waals surface area contributed by atoms with E-state index in [1.807, 2.05) is 0 Å². The molecular weight excluding hydrogens is 281 g/mol. The number of hydrogen-bond donors (Lipinski definition) is 1. The van der Waals surface area contributed by atoms with Crippen LogP contribution < -0.4 is 0 Å². The number of H-pyrrole nitrogens is 1. The Kier molecular flexibility index (Phi) is 3.38. The van der Waals surface area contributed by atoms with Crippen molar-refractivity contribution in [3.8, 4) is 0 Å². The molecule has 0 radical (unpaired) electrons. The highest BCUT2D eigenvalue weighted by molar-refractivity contribution is 9.10. The van der Waals surface area contributed by atoms with E-state index in [2.05, 4.69) is 30.6 Å². The van der Waals surface area contributed by atoms with Gasteiger partial charge in [-0.05, 0) is 22.9 Å². The van der Waals surface area contributed by atoms with Crippen molar-refractivity contribution >= 4 is 21.9 Å². The van der Waals surface area contributed by atoms with Gasteiger partial charge < -0.3 is 9.72 Å². The maximum Gasteiger partial charge on any atom is 0.435 e. The van der Waals surface area contributed by atoms with Crippen LogP contribution in [0.4, 0.5) is 13.2 Å². The Morgan fingerprint density at radius 2 is 2.20 bits per heavy atom. The summed E-state index contributed by atoms with van der Waals surface area (Å²) in [5.41, 5.74) is -1.98. The van der Waals surface area contributed by atoms with Crippen LogP contribution in [0.5, 0.6) is 0 Å². The number of hydrogen-bond acceptors (Lipinski definition) is 3. The summed E-state index contributed by atoms with van der Waals surface area (Å²) in [6.07, 6.45) is -4.69. The molecule has 8 heteroatoms. The van der Waals surface area contributed by atoms with Crippen molar-refractivity contribution in [2.24, 2.45) is 0 Å². The van der Waals surface area contributed by atoms with Crippen LogP contribution in [0.3, 0.4) is 0 Å². The monoisotopic (exact) mass is 286 g/mol. The number of imidazole rings is 1. The number of nitrogens with one attached hydrogen (secondary N) is 1. The maximum atomic E-state index is 12.4. The van der Waals surface area contributed by atoms with Crippen LogP contribution in [0.1, 0.15) is 23.1 Å². The number of aromatic nitrogens is 2. The summed E-state index contributed by atoms with van der Waals surface area (Å²) < 4.78 is 41.3. The minimum Gasteiger partial charge on any atom is -0.461 e. The van der Waals surface area contributed by atoms with Crippen molar-refractivity contribution in [2.75, 3.05) is 6.61 Å². The van der Waals surface area contributed by atoms with E-state index in [0.29, 0.717) is 0 Å². The predicted octanol–water partition coefficient (Wildman–Crippen LogP) is 2.37. The van der Waals surface area contributed by atoms with Gasteiger partial charge in [-0.25, -0.2) is 9.78 Å². The maximum absolute atomic E-state index is 12.4. The Labute approximate surface area is 91.0 Å². The van der Waals surface area contributed by atoms with Crippen LogP contribution >= 0.6 is 15.9 Å². The van der Waals surface area contributed by atoms with Crippen LogP contribution in [-0.4, -0.2) is 22.5 Å². The van der Waals surface area contributed by atoms with E-state index in [1.54, 1.807) is 0 Å². The molecule has 0 aliphatic heterocycles. The normalized spacial score (nSPS) is 11.5. The van der Waals surface area contributed by atoms with Gasteiger partial charge in [0.15, 0.2) is 16.1 Å². The molecule has 0 unspecified atom stereocenters. The molecule has 0 aliphatic carbocycles. The van der Waals surface area contributed by atoms with E-state index in [0.717, 1.165) is 0 Å². The molecule has 1 heterocycles. The summed E-state index contributed by atoms with van der Waals surface area (Å²) in [6.45, 7) is 1.49. The zero-order chi connectivity index (χ0) is 11.6. The summed E-state index contributed by atoms with van der Waals surface area (Å²) in [5.74, 6) is -1.08. The molecule has 1 aromatic rings. The topological polar surface area (TPSA) is 55.0 Å². The molecule has 0 spiro atoms. The SMILES string of the molecule is CCOC(=O)c1[nH]c(Br)nc1C(F)(F)F. The van der Waals surface area contributed by atoms with Gasteiger partial charge in [0.1, 0.15) is 0 Å². The third kappa shape index (κ3) is 2.71. The molecule has 0 saturated carbocycles. The number of alkyl halides is 3. The molecule has 0 fully saturated rings. The molecule has 0 bridgehead atoms. The van der Waals surface area contributed by atoms with Crippen LogP contribution in [0, 0.1) is 0 Å². The van der Waals surface area contributed by atoms with E-state index >= 15 is 0 Å². The summed E-state index contributed by atoms with van der Waals surface area (Å²) in [5, 5.41) is 0. The number of nitrogens with zero attached hydrogens (tertiary/aromatic N) is 1. The molecule has 4 nitrogen and oxygen atoms in total. The summed E-state index contributed by atoms with van der Waals surface area (Å²) in [7, 11) is 0. The van der Waals surface area contributed by atoms with Gasteiger partial charge in [0, 0.05) is 0 Å². The highest BCUT2D eigenvalue weighted by Gasteiger charge is 2.39. The fourth-order valence-electron chi connectivity index (χ4n) is 0.900. The molecule has 1 N–H and O–H groups in total. The van der Waals surface area contributed by atoms with Crippen LogP contribution in [-0.2, 0) is 10.9 Å². The van der Waals surface area contributed by atoms with Crippen molar-refractivity contribution in [3.05, 3.63) is 16.1 Å². The molecule has 1 aromatic heterocycles. The number of halogens is 4. The number of ether oxygens (including phenoxy) is 1. The molecule has 1 rings (SSSR count). The average Bonchev–Trinajstić information content (AvgIpc) is 2.47. The number of carbonyl (C=O) groups is 1. The molecule has 0 saturated heterocycles.